The number of carbonyl (C=O) groups excluding carboxylic acids is 1. The summed E-state index contributed by atoms with van der Waals surface area (Å²) in [7, 11) is -3.51. The maximum Gasteiger partial charge on any atom is 0.256 e. The highest BCUT2D eigenvalue weighted by Gasteiger charge is 2.36. The highest BCUT2D eigenvalue weighted by molar-refractivity contribution is 7.89. The van der Waals surface area contributed by atoms with Crippen LogP contribution in [-0.2, 0) is 16.6 Å². The van der Waals surface area contributed by atoms with Crippen LogP contribution in [0.15, 0.2) is 83.8 Å². The number of amides is 1. The molecule has 0 radical (unpaired) electrons. The summed E-state index contributed by atoms with van der Waals surface area (Å²) >= 11 is 0. The van der Waals surface area contributed by atoms with Crippen molar-refractivity contribution in [1.29, 1.82) is 0 Å². The molecule has 1 aliphatic rings. The van der Waals surface area contributed by atoms with Crippen LogP contribution in [0.2, 0.25) is 0 Å². The lowest BCUT2D eigenvalue weighted by molar-refractivity contribution is 0.0728. The van der Waals surface area contributed by atoms with E-state index in [4.69, 9.17) is 0 Å². The molecule has 0 saturated carbocycles. The largest absolute Gasteiger partial charge is 0.361 e. The lowest BCUT2D eigenvalue weighted by Crippen LogP contribution is -2.32. The smallest absolute Gasteiger partial charge is 0.256 e. The Morgan fingerprint density at radius 2 is 1.50 bits per heavy atom. The second-order valence-corrected chi connectivity index (χ2v) is 9.60. The van der Waals surface area contributed by atoms with E-state index < -0.39 is 10.0 Å². The van der Waals surface area contributed by atoms with Crippen LogP contribution in [0, 0.1) is 0 Å². The van der Waals surface area contributed by atoms with Gasteiger partial charge >= 0.3 is 0 Å². The summed E-state index contributed by atoms with van der Waals surface area (Å²) in [6, 6.07) is 24.2. The SMILES string of the molecule is CCN(CC)S(=O)(=O)c1ccc(N[C@@H]2c3ccccc3C(=O)N2Cc2ccccc2)cc1. The molecule has 0 aromatic heterocycles. The molecule has 6 nitrogen and oxygen atoms in total. The van der Waals surface area contributed by atoms with Gasteiger partial charge in [-0.2, -0.15) is 4.31 Å². The number of hydrogen-bond acceptors (Lipinski definition) is 4. The number of rotatable bonds is 8. The molecular weight excluding hydrogens is 422 g/mol. The monoisotopic (exact) mass is 449 g/mol. The summed E-state index contributed by atoms with van der Waals surface area (Å²) in [6.07, 6.45) is -0.343. The molecule has 0 aliphatic carbocycles. The van der Waals surface area contributed by atoms with E-state index in [0.29, 0.717) is 25.2 Å². The van der Waals surface area contributed by atoms with E-state index in [2.05, 4.69) is 5.32 Å². The summed E-state index contributed by atoms with van der Waals surface area (Å²) < 4.78 is 27.0. The maximum atomic E-state index is 13.1. The quantitative estimate of drug-likeness (QED) is 0.550. The minimum atomic E-state index is -3.51. The molecule has 1 N–H and O–H groups in total. The minimum absolute atomic E-state index is 0.0253. The molecule has 0 saturated heterocycles. The molecular formula is C25H27N3O3S. The molecule has 32 heavy (non-hydrogen) atoms. The highest BCUT2D eigenvalue weighted by atomic mass is 32.2. The summed E-state index contributed by atoms with van der Waals surface area (Å²) in [6.45, 7) is 4.97. The molecule has 4 rings (SSSR count). The van der Waals surface area contributed by atoms with Gasteiger partial charge < -0.3 is 10.2 Å². The van der Waals surface area contributed by atoms with Gasteiger partial charge in [-0.1, -0.05) is 62.4 Å². The zero-order valence-electron chi connectivity index (χ0n) is 18.2. The Morgan fingerprint density at radius 3 is 2.16 bits per heavy atom. The first kappa shape index (κ1) is 22.0. The van der Waals surface area contributed by atoms with Crippen molar-refractivity contribution in [2.24, 2.45) is 0 Å². The Morgan fingerprint density at radius 1 is 0.875 bits per heavy atom. The van der Waals surface area contributed by atoms with Crippen LogP contribution in [0.4, 0.5) is 5.69 Å². The van der Waals surface area contributed by atoms with Gasteiger partial charge in [0.2, 0.25) is 10.0 Å². The van der Waals surface area contributed by atoms with Crippen molar-refractivity contribution < 1.29 is 13.2 Å². The lowest BCUT2D eigenvalue weighted by Gasteiger charge is -2.27. The molecule has 0 bridgehead atoms. The number of nitrogens with zero attached hydrogens (tertiary/aromatic N) is 2. The number of carbonyl (C=O) groups is 1. The molecule has 0 fully saturated rings. The highest BCUT2D eigenvalue weighted by Crippen LogP contribution is 2.35. The second-order valence-electron chi connectivity index (χ2n) is 7.67. The van der Waals surface area contributed by atoms with Gasteiger partial charge in [-0.15, -0.1) is 0 Å². The van der Waals surface area contributed by atoms with Crippen LogP contribution in [0.25, 0.3) is 0 Å². The van der Waals surface area contributed by atoms with Crippen molar-refractivity contribution in [1.82, 2.24) is 9.21 Å². The normalized spacial score (nSPS) is 15.8. The Hall–Kier alpha value is -3.16. The predicted molar refractivity (Wildman–Crippen MR) is 126 cm³/mol. The first-order valence-electron chi connectivity index (χ1n) is 10.8. The average molecular weight is 450 g/mol. The second kappa shape index (κ2) is 9.14. The van der Waals surface area contributed by atoms with Gasteiger partial charge in [0.15, 0.2) is 0 Å². The summed E-state index contributed by atoms with van der Waals surface area (Å²) in [4.78, 5) is 15.2. The van der Waals surface area contributed by atoms with Crippen molar-refractivity contribution in [2.75, 3.05) is 18.4 Å². The average Bonchev–Trinajstić information content (AvgIpc) is 3.07. The number of anilines is 1. The molecule has 3 aromatic rings. The first-order chi connectivity index (χ1) is 15.5. The van der Waals surface area contributed by atoms with E-state index in [-0.39, 0.29) is 17.0 Å². The topological polar surface area (TPSA) is 69.7 Å². The van der Waals surface area contributed by atoms with Crippen molar-refractivity contribution in [3.8, 4) is 0 Å². The van der Waals surface area contributed by atoms with Crippen LogP contribution in [0.1, 0.15) is 41.5 Å². The Labute approximate surface area is 189 Å². The predicted octanol–water partition coefficient (Wildman–Crippen LogP) is 4.48. The van der Waals surface area contributed by atoms with Gasteiger partial charge in [0.05, 0.1) is 4.90 Å². The van der Waals surface area contributed by atoms with E-state index >= 15 is 0 Å². The Bertz CT molecular complexity index is 1190. The van der Waals surface area contributed by atoms with E-state index in [1.54, 1.807) is 29.2 Å². The standard InChI is InChI=1S/C25H27N3O3S/c1-3-27(4-2)32(30,31)21-16-14-20(15-17-21)26-24-22-12-8-9-13-23(22)25(29)28(24)18-19-10-6-5-7-11-19/h5-17,24,26H,3-4,18H2,1-2H3/t24-/m0/s1. The van der Waals surface area contributed by atoms with Crippen molar-refractivity contribution in [3.05, 3.63) is 95.6 Å². The number of sulfonamides is 1. The fraction of sp³-hybridized carbons (Fsp3) is 0.240. The van der Waals surface area contributed by atoms with Crippen molar-refractivity contribution in [3.63, 3.8) is 0 Å². The molecule has 166 valence electrons. The number of hydrogen-bond donors (Lipinski definition) is 1. The number of fused-ring (bicyclic) bond motifs is 1. The van der Waals surface area contributed by atoms with E-state index in [1.165, 1.54) is 4.31 Å². The number of benzene rings is 3. The van der Waals surface area contributed by atoms with Crippen LogP contribution >= 0.6 is 0 Å². The van der Waals surface area contributed by atoms with Gasteiger partial charge in [-0.3, -0.25) is 4.79 Å². The van der Waals surface area contributed by atoms with Crippen LogP contribution in [0.3, 0.4) is 0 Å². The summed E-state index contributed by atoms with van der Waals surface area (Å²) in [5.41, 5.74) is 3.38. The molecule has 1 atom stereocenters. The van der Waals surface area contributed by atoms with Gasteiger partial charge in [-0.05, 0) is 35.9 Å². The molecule has 0 spiro atoms. The van der Waals surface area contributed by atoms with Crippen LogP contribution in [0.5, 0.6) is 0 Å². The minimum Gasteiger partial charge on any atom is -0.361 e. The third-order valence-electron chi connectivity index (χ3n) is 5.75. The van der Waals surface area contributed by atoms with Gasteiger partial charge in [0.25, 0.3) is 5.91 Å². The van der Waals surface area contributed by atoms with Crippen LogP contribution in [-0.4, -0.2) is 36.6 Å². The zero-order valence-corrected chi connectivity index (χ0v) is 19.0. The van der Waals surface area contributed by atoms with Gasteiger partial charge in [-0.25, -0.2) is 8.42 Å². The third-order valence-corrected chi connectivity index (χ3v) is 7.82. The molecule has 1 amide bonds. The third kappa shape index (κ3) is 4.13. The fourth-order valence-corrected chi connectivity index (χ4v) is 5.52. The van der Waals surface area contributed by atoms with E-state index in [9.17, 15) is 13.2 Å². The van der Waals surface area contributed by atoms with Crippen molar-refractivity contribution in [2.45, 2.75) is 31.5 Å². The van der Waals surface area contributed by atoms with Crippen molar-refractivity contribution >= 4 is 21.6 Å². The first-order valence-corrected chi connectivity index (χ1v) is 12.2. The molecule has 0 unspecified atom stereocenters. The van der Waals surface area contributed by atoms with Crippen LogP contribution < -0.4 is 5.32 Å². The molecule has 3 aromatic carbocycles. The fourth-order valence-electron chi connectivity index (χ4n) is 4.06. The van der Waals surface area contributed by atoms with E-state index in [0.717, 1.165) is 16.8 Å². The molecule has 7 heteroatoms. The van der Waals surface area contributed by atoms with E-state index in [1.807, 2.05) is 68.4 Å². The summed E-state index contributed by atoms with van der Waals surface area (Å²) in [5, 5.41) is 3.43. The van der Waals surface area contributed by atoms with Gasteiger partial charge in [0, 0.05) is 36.4 Å². The Balaban J connectivity index is 1.62. The Kier molecular flexibility index (Phi) is 6.30. The molecule has 1 aliphatic heterocycles. The maximum absolute atomic E-state index is 13.1. The zero-order chi connectivity index (χ0) is 22.7. The summed E-state index contributed by atoms with van der Waals surface area (Å²) in [5.74, 6) is -0.0253. The molecule has 1 heterocycles. The number of nitrogens with one attached hydrogen (secondary N) is 1. The lowest BCUT2D eigenvalue weighted by atomic mass is 10.1. The van der Waals surface area contributed by atoms with Gasteiger partial charge in [0.1, 0.15) is 6.17 Å².